The number of nitriles is 1. The van der Waals surface area contributed by atoms with Gasteiger partial charge >= 0.3 is 0 Å². The molecule has 0 atom stereocenters. The Morgan fingerprint density at radius 3 is 2.64 bits per heavy atom. The van der Waals surface area contributed by atoms with E-state index in [1.807, 2.05) is 11.0 Å². The van der Waals surface area contributed by atoms with Gasteiger partial charge in [-0.25, -0.2) is 17.5 Å². The third kappa shape index (κ3) is 4.48. The summed E-state index contributed by atoms with van der Waals surface area (Å²) < 4.78 is 40.6. The second-order valence-electron chi connectivity index (χ2n) is 6.34. The molecule has 7 nitrogen and oxygen atoms in total. The number of aromatic nitrogens is 1. The van der Waals surface area contributed by atoms with Crippen LogP contribution in [0.15, 0.2) is 46.0 Å². The lowest BCUT2D eigenvalue weighted by atomic mass is 9.95. The lowest BCUT2D eigenvalue weighted by Gasteiger charge is -2.33. The van der Waals surface area contributed by atoms with Crippen LogP contribution in [0.1, 0.15) is 18.4 Å². The molecule has 1 aliphatic heterocycles. The zero-order valence-electron chi connectivity index (χ0n) is 14.6. The number of anilines is 1. The molecule has 0 bridgehead atoms. The van der Waals surface area contributed by atoms with E-state index >= 15 is 0 Å². The number of piperidine rings is 1. The SMILES string of the molecule is N#Cc1cc(F)ccc1N1CCC(C(=O)NS(=O)(=O)c2cncc(Br)c2)CC1. The Morgan fingerprint density at radius 2 is 2.00 bits per heavy atom. The van der Waals surface area contributed by atoms with Gasteiger partial charge in [0, 0.05) is 35.9 Å². The first-order valence-electron chi connectivity index (χ1n) is 8.42. The molecular weight excluding hydrogens is 451 g/mol. The molecule has 2 aromatic rings. The van der Waals surface area contributed by atoms with E-state index in [4.69, 9.17) is 0 Å². The Balaban J connectivity index is 1.65. The van der Waals surface area contributed by atoms with Crippen molar-refractivity contribution in [2.24, 2.45) is 5.92 Å². The van der Waals surface area contributed by atoms with Crippen molar-refractivity contribution < 1.29 is 17.6 Å². The summed E-state index contributed by atoms with van der Waals surface area (Å²) in [7, 11) is -4.00. The summed E-state index contributed by atoms with van der Waals surface area (Å²) in [6, 6.07) is 7.33. The molecule has 3 rings (SSSR count). The van der Waals surface area contributed by atoms with Crippen molar-refractivity contribution in [3.8, 4) is 6.07 Å². The molecular formula is C18H16BrFN4O3S. The van der Waals surface area contributed by atoms with E-state index in [0.717, 1.165) is 0 Å². The molecule has 1 fully saturated rings. The van der Waals surface area contributed by atoms with Gasteiger partial charge in [0.25, 0.3) is 10.0 Å². The van der Waals surface area contributed by atoms with Gasteiger partial charge < -0.3 is 4.90 Å². The number of sulfonamides is 1. The number of carbonyl (C=O) groups is 1. The zero-order chi connectivity index (χ0) is 20.3. The van der Waals surface area contributed by atoms with Gasteiger partial charge in [-0.15, -0.1) is 0 Å². The van der Waals surface area contributed by atoms with Crippen molar-refractivity contribution in [1.82, 2.24) is 9.71 Å². The first-order chi connectivity index (χ1) is 13.3. The van der Waals surface area contributed by atoms with Crippen LogP contribution in [0.2, 0.25) is 0 Å². The van der Waals surface area contributed by atoms with E-state index in [-0.39, 0.29) is 10.5 Å². The highest BCUT2D eigenvalue weighted by Gasteiger charge is 2.29. The molecule has 0 saturated carbocycles. The number of halogens is 2. The molecule has 10 heteroatoms. The molecule has 2 heterocycles. The minimum atomic E-state index is -4.00. The van der Waals surface area contributed by atoms with Crippen molar-refractivity contribution in [3.05, 3.63) is 52.5 Å². The quantitative estimate of drug-likeness (QED) is 0.742. The molecule has 0 unspecified atom stereocenters. The molecule has 1 saturated heterocycles. The Labute approximate surface area is 170 Å². The smallest absolute Gasteiger partial charge is 0.265 e. The van der Waals surface area contributed by atoms with Crippen LogP contribution < -0.4 is 9.62 Å². The number of carbonyl (C=O) groups excluding carboxylic acids is 1. The second-order valence-corrected chi connectivity index (χ2v) is 8.94. The largest absolute Gasteiger partial charge is 0.370 e. The summed E-state index contributed by atoms with van der Waals surface area (Å²) in [6.45, 7) is 0.910. The Morgan fingerprint density at radius 1 is 1.29 bits per heavy atom. The minimum Gasteiger partial charge on any atom is -0.370 e. The number of nitrogens with zero attached hydrogens (tertiary/aromatic N) is 3. The number of benzene rings is 1. The van der Waals surface area contributed by atoms with Crippen LogP contribution in [-0.4, -0.2) is 32.4 Å². The van der Waals surface area contributed by atoms with Crippen molar-refractivity contribution in [1.29, 1.82) is 5.26 Å². The standard InChI is InChI=1S/C18H16BrFN4O3S/c19-14-8-16(11-22-10-14)28(26,27)23-18(25)12-3-5-24(6-4-12)17-2-1-15(20)7-13(17)9-21/h1-2,7-8,10-12H,3-6H2,(H,23,25). The van der Waals surface area contributed by atoms with E-state index in [0.29, 0.717) is 36.1 Å². The molecule has 28 heavy (non-hydrogen) atoms. The van der Waals surface area contributed by atoms with Crippen LogP contribution in [0.5, 0.6) is 0 Å². The van der Waals surface area contributed by atoms with Gasteiger partial charge in [-0.05, 0) is 53.0 Å². The molecule has 0 spiro atoms. The molecule has 1 N–H and O–H groups in total. The maximum atomic E-state index is 13.3. The highest BCUT2D eigenvalue weighted by molar-refractivity contribution is 9.10. The van der Waals surface area contributed by atoms with Crippen molar-refractivity contribution >= 4 is 37.5 Å². The summed E-state index contributed by atoms with van der Waals surface area (Å²) >= 11 is 3.15. The first kappa shape index (κ1) is 20.2. The molecule has 1 aromatic heterocycles. The van der Waals surface area contributed by atoms with Gasteiger partial charge in [0.2, 0.25) is 5.91 Å². The third-order valence-electron chi connectivity index (χ3n) is 4.51. The molecule has 146 valence electrons. The van der Waals surface area contributed by atoms with E-state index in [9.17, 15) is 22.9 Å². The van der Waals surface area contributed by atoms with Gasteiger partial charge in [-0.3, -0.25) is 9.78 Å². The summed E-state index contributed by atoms with van der Waals surface area (Å²) in [6.07, 6.45) is 3.45. The van der Waals surface area contributed by atoms with E-state index in [1.54, 1.807) is 6.07 Å². The van der Waals surface area contributed by atoms with Crippen LogP contribution in [0.25, 0.3) is 0 Å². The topological polar surface area (TPSA) is 103 Å². The van der Waals surface area contributed by atoms with Crippen LogP contribution in [-0.2, 0) is 14.8 Å². The van der Waals surface area contributed by atoms with Crippen molar-refractivity contribution in [2.45, 2.75) is 17.7 Å². The number of pyridine rings is 1. The first-order valence-corrected chi connectivity index (χ1v) is 10.7. The molecule has 0 radical (unpaired) electrons. The average molecular weight is 467 g/mol. The van der Waals surface area contributed by atoms with Gasteiger partial charge in [-0.1, -0.05) is 0 Å². The average Bonchev–Trinajstić information content (AvgIpc) is 2.67. The maximum Gasteiger partial charge on any atom is 0.265 e. The van der Waals surface area contributed by atoms with Crippen molar-refractivity contribution in [3.63, 3.8) is 0 Å². The van der Waals surface area contributed by atoms with Gasteiger partial charge in [-0.2, -0.15) is 5.26 Å². The molecule has 1 aromatic carbocycles. The van der Waals surface area contributed by atoms with Gasteiger partial charge in [0.1, 0.15) is 16.8 Å². The Bertz CT molecular complexity index is 1050. The number of hydrogen-bond donors (Lipinski definition) is 1. The number of rotatable bonds is 4. The lowest BCUT2D eigenvalue weighted by Crippen LogP contribution is -2.42. The van der Waals surface area contributed by atoms with Crippen LogP contribution in [0.4, 0.5) is 10.1 Å². The minimum absolute atomic E-state index is 0.0994. The fourth-order valence-electron chi connectivity index (χ4n) is 3.07. The third-order valence-corrected chi connectivity index (χ3v) is 6.26. The van der Waals surface area contributed by atoms with E-state index in [2.05, 4.69) is 25.6 Å². The fourth-order valence-corrected chi connectivity index (χ4v) is 4.62. The molecule has 1 amide bonds. The highest BCUT2D eigenvalue weighted by Crippen LogP contribution is 2.27. The van der Waals surface area contributed by atoms with Crippen molar-refractivity contribution in [2.75, 3.05) is 18.0 Å². The monoisotopic (exact) mass is 466 g/mol. The fraction of sp³-hybridized carbons (Fsp3) is 0.278. The summed E-state index contributed by atoms with van der Waals surface area (Å²) in [4.78, 5) is 18.0. The van der Waals surface area contributed by atoms with Gasteiger partial charge in [0.15, 0.2) is 0 Å². The number of amides is 1. The molecule has 0 aliphatic carbocycles. The lowest BCUT2D eigenvalue weighted by molar-refractivity contribution is -0.123. The predicted octanol–water partition coefficient (Wildman–Crippen LogP) is 2.58. The summed E-state index contributed by atoms with van der Waals surface area (Å²) in [5.41, 5.74) is 0.836. The normalized spacial score (nSPS) is 15.1. The Hall–Kier alpha value is -2.51. The number of nitrogens with one attached hydrogen (secondary N) is 1. The van der Waals surface area contributed by atoms with Crippen LogP contribution in [0.3, 0.4) is 0 Å². The summed E-state index contributed by atoms with van der Waals surface area (Å²) in [5, 5.41) is 9.19. The Kier molecular flexibility index (Phi) is 5.96. The molecule has 1 aliphatic rings. The highest BCUT2D eigenvalue weighted by atomic mass is 79.9. The van der Waals surface area contributed by atoms with Gasteiger partial charge in [0.05, 0.1) is 11.3 Å². The maximum absolute atomic E-state index is 13.3. The van der Waals surface area contributed by atoms with E-state index < -0.39 is 27.7 Å². The second kappa shape index (κ2) is 8.24. The summed E-state index contributed by atoms with van der Waals surface area (Å²) in [5.74, 6) is -1.53. The van der Waals surface area contributed by atoms with E-state index in [1.165, 1.54) is 30.6 Å². The zero-order valence-corrected chi connectivity index (χ0v) is 17.0. The van der Waals surface area contributed by atoms with Crippen LogP contribution >= 0.6 is 15.9 Å². The predicted molar refractivity (Wildman–Crippen MR) is 103 cm³/mol. The number of hydrogen-bond acceptors (Lipinski definition) is 6. The van der Waals surface area contributed by atoms with Crippen LogP contribution in [0, 0.1) is 23.1 Å².